The van der Waals surface area contributed by atoms with Crippen LogP contribution < -0.4 is 5.32 Å². The fourth-order valence-electron chi connectivity index (χ4n) is 4.30. The van der Waals surface area contributed by atoms with Crippen molar-refractivity contribution in [3.05, 3.63) is 0 Å². The van der Waals surface area contributed by atoms with Gasteiger partial charge in [-0.15, -0.1) is 0 Å². The van der Waals surface area contributed by atoms with Crippen LogP contribution in [0.4, 0.5) is 0 Å². The molecule has 2 saturated carbocycles. The molecule has 0 aromatic carbocycles. The number of amides is 1. The van der Waals surface area contributed by atoms with Gasteiger partial charge in [-0.2, -0.15) is 0 Å². The minimum atomic E-state index is -3.10. The lowest BCUT2D eigenvalue weighted by Crippen LogP contribution is -2.46. The molecular weight excluding hydrogens is 288 g/mol. The maximum Gasteiger partial charge on any atom is 0.223 e. The third-order valence-corrected chi connectivity index (χ3v) is 7.53. The highest BCUT2D eigenvalue weighted by Crippen LogP contribution is 2.44. The first kappa shape index (κ1) is 15.3. The third-order valence-electron chi connectivity index (χ3n) is 5.65. The molecule has 6 heteroatoms. The van der Waals surface area contributed by atoms with Crippen LogP contribution in [0, 0.1) is 17.8 Å². The van der Waals surface area contributed by atoms with Crippen LogP contribution in [-0.4, -0.2) is 43.5 Å². The molecule has 0 spiro atoms. The van der Waals surface area contributed by atoms with Crippen molar-refractivity contribution in [2.75, 3.05) is 18.8 Å². The highest BCUT2D eigenvalue weighted by atomic mass is 32.2. The molecule has 120 valence electrons. The van der Waals surface area contributed by atoms with Crippen molar-refractivity contribution < 1.29 is 13.2 Å². The molecule has 3 fully saturated rings. The SMILES string of the molecule is CCS(=O)(=O)N1CCC(C(=O)N[C@@H]2C[C@H]3CC[C@H]2C3)CC1. The van der Waals surface area contributed by atoms with Crippen molar-refractivity contribution >= 4 is 15.9 Å². The van der Waals surface area contributed by atoms with Gasteiger partial charge >= 0.3 is 0 Å². The number of fused-ring (bicyclic) bond motifs is 2. The van der Waals surface area contributed by atoms with Gasteiger partial charge < -0.3 is 5.32 Å². The molecular formula is C15H26N2O3S. The molecule has 0 aromatic heterocycles. The Balaban J connectivity index is 1.49. The predicted octanol–water partition coefficient (Wildman–Crippen LogP) is 1.35. The summed E-state index contributed by atoms with van der Waals surface area (Å²) in [5, 5.41) is 3.24. The van der Waals surface area contributed by atoms with Crippen molar-refractivity contribution in [2.24, 2.45) is 17.8 Å². The van der Waals surface area contributed by atoms with E-state index < -0.39 is 10.0 Å². The highest BCUT2D eigenvalue weighted by molar-refractivity contribution is 7.89. The van der Waals surface area contributed by atoms with Gasteiger partial charge in [-0.25, -0.2) is 12.7 Å². The molecule has 0 unspecified atom stereocenters. The van der Waals surface area contributed by atoms with Gasteiger partial charge in [0.05, 0.1) is 5.75 Å². The molecule has 5 nitrogen and oxygen atoms in total. The van der Waals surface area contributed by atoms with Crippen LogP contribution in [-0.2, 0) is 14.8 Å². The zero-order valence-corrected chi connectivity index (χ0v) is 13.6. The highest BCUT2D eigenvalue weighted by Gasteiger charge is 2.41. The zero-order chi connectivity index (χ0) is 15.0. The van der Waals surface area contributed by atoms with Crippen LogP contribution in [0.15, 0.2) is 0 Å². The Morgan fingerprint density at radius 3 is 2.38 bits per heavy atom. The molecule has 0 radical (unpaired) electrons. The Morgan fingerprint density at radius 2 is 1.86 bits per heavy atom. The molecule has 3 rings (SSSR count). The van der Waals surface area contributed by atoms with Crippen LogP contribution >= 0.6 is 0 Å². The van der Waals surface area contributed by atoms with E-state index in [2.05, 4.69) is 5.32 Å². The Bertz CT molecular complexity index is 497. The van der Waals surface area contributed by atoms with Gasteiger partial charge in [0, 0.05) is 25.0 Å². The average molecular weight is 314 g/mol. The van der Waals surface area contributed by atoms with E-state index in [-0.39, 0.29) is 17.6 Å². The summed E-state index contributed by atoms with van der Waals surface area (Å²) in [7, 11) is -3.10. The second-order valence-corrected chi connectivity index (χ2v) is 9.12. The lowest BCUT2D eigenvalue weighted by molar-refractivity contribution is -0.127. The van der Waals surface area contributed by atoms with E-state index in [9.17, 15) is 13.2 Å². The van der Waals surface area contributed by atoms with E-state index in [1.165, 1.54) is 23.6 Å². The molecule has 1 N–H and O–H groups in total. The molecule has 21 heavy (non-hydrogen) atoms. The number of hydrogen-bond acceptors (Lipinski definition) is 3. The smallest absolute Gasteiger partial charge is 0.223 e. The van der Waals surface area contributed by atoms with Gasteiger partial charge in [-0.05, 0) is 50.9 Å². The van der Waals surface area contributed by atoms with Gasteiger partial charge in [0.25, 0.3) is 0 Å². The van der Waals surface area contributed by atoms with Crippen LogP contribution in [0.3, 0.4) is 0 Å². The van der Waals surface area contributed by atoms with Gasteiger partial charge in [-0.3, -0.25) is 4.79 Å². The maximum atomic E-state index is 12.4. The number of hydrogen-bond donors (Lipinski definition) is 1. The summed E-state index contributed by atoms with van der Waals surface area (Å²) in [4.78, 5) is 12.4. The van der Waals surface area contributed by atoms with E-state index in [0.29, 0.717) is 37.9 Å². The van der Waals surface area contributed by atoms with Crippen molar-refractivity contribution in [2.45, 2.75) is 51.5 Å². The van der Waals surface area contributed by atoms with Crippen LogP contribution in [0.5, 0.6) is 0 Å². The standard InChI is InChI=1S/C15H26N2O3S/c1-2-21(19,20)17-7-5-12(6-8-17)15(18)16-14-10-11-3-4-13(14)9-11/h11-14H,2-10H2,1H3,(H,16,18)/t11-,13-,14+/m0/s1. The number of nitrogens with one attached hydrogen (secondary N) is 1. The molecule has 1 amide bonds. The van der Waals surface area contributed by atoms with Crippen LogP contribution in [0.25, 0.3) is 0 Å². The lowest BCUT2D eigenvalue weighted by Gasteiger charge is -2.32. The predicted molar refractivity (Wildman–Crippen MR) is 81.1 cm³/mol. The summed E-state index contributed by atoms with van der Waals surface area (Å²) in [5.74, 6) is 1.82. The fourth-order valence-corrected chi connectivity index (χ4v) is 5.43. The van der Waals surface area contributed by atoms with E-state index >= 15 is 0 Å². The summed E-state index contributed by atoms with van der Waals surface area (Å²) in [5.41, 5.74) is 0. The monoisotopic (exact) mass is 314 g/mol. The second-order valence-electron chi connectivity index (χ2n) is 6.86. The van der Waals surface area contributed by atoms with Crippen LogP contribution in [0.1, 0.15) is 45.4 Å². The van der Waals surface area contributed by atoms with Crippen molar-refractivity contribution in [1.29, 1.82) is 0 Å². The number of piperidine rings is 1. The average Bonchev–Trinajstić information content (AvgIpc) is 3.10. The molecule has 1 saturated heterocycles. The molecule has 2 bridgehead atoms. The van der Waals surface area contributed by atoms with Crippen molar-refractivity contribution in [1.82, 2.24) is 9.62 Å². The minimum absolute atomic E-state index is 0.00701. The number of sulfonamides is 1. The van der Waals surface area contributed by atoms with E-state index in [0.717, 1.165) is 12.3 Å². The largest absolute Gasteiger partial charge is 0.353 e. The van der Waals surface area contributed by atoms with E-state index in [4.69, 9.17) is 0 Å². The van der Waals surface area contributed by atoms with Crippen molar-refractivity contribution in [3.8, 4) is 0 Å². The van der Waals surface area contributed by atoms with Gasteiger partial charge in [0.1, 0.15) is 0 Å². The van der Waals surface area contributed by atoms with E-state index in [1.54, 1.807) is 6.92 Å². The molecule has 1 heterocycles. The van der Waals surface area contributed by atoms with Gasteiger partial charge in [0.2, 0.25) is 15.9 Å². The summed E-state index contributed by atoms with van der Waals surface area (Å²) < 4.78 is 25.2. The molecule has 0 aromatic rings. The maximum absolute atomic E-state index is 12.4. The summed E-state index contributed by atoms with van der Waals surface area (Å²) in [6.45, 7) is 2.65. The fraction of sp³-hybridized carbons (Fsp3) is 0.933. The minimum Gasteiger partial charge on any atom is -0.353 e. The quantitative estimate of drug-likeness (QED) is 0.852. The van der Waals surface area contributed by atoms with Crippen molar-refractivity contribution in [3.63, 3.8) is 0 Å². The third kappa shape index (κ3) is 3.11. The first-order valence-corrected chi connectivity index (χ1v) is 9.88. The summed E-state index contributed by atoms with van der Waals surface area (Å²) in [6.07, 6.45) is 6.36. The Morgan fingerprint density at radius 1 is 1.14 bits per heavy atom. The first-order chi connectivity index (χ1) is 9.99. The molecule has 1 aliphatic heterocycles. The second kappa shape index (κ2) is 5.88. The number of rotatable bonds is 4. The van der Waals surface area contributed by atoms with Gasteiger partial charge in [-0.1, -0.05) is 6.42 Å². The molecule has 2 aliphatic carbocycles. The number of carbonyl (C=O) groups excluding carboxylic acids is 1. The normalized spacial score (nSPS) is 34.2. The molecule has 3 aliphatic rings. The Hall–Kier alpha value is -0.620. The molecule has 3 atom stereocenters. The Labute approximate surface area is 127 Å². The number of nitrogens with zero attached hydrogens (tertiary/aromatic N) is 1. The lowest BCUT2D eigenvalue weighted by atomic mass is 9.93. The van der Waals surface area contributed by atoms with Gasteiger partial charge in [0.15, 0.2) is 0 Å². The topological polar surface area (TPSA) is 66.5 Å². The van der Waals surface area contributed by atoms with E-state index in [1.807, 2.05) is 0 Å². The summed E-state index contributed by atoms with van der Waals surface area (Å²) >= 11 is 0. The number of carbonyl (C=O) groups is 1. The summed E-state index contributed by atoms with van der Waals surface area (Å²) in [6, 6.07) is 0.383. The Kier molecular flexibility index (Phi) is 4.28. The first-order valence-electron chi connectivity index (χ1n) is 8.27. The zero-order valence-electron chi connectivity index (χ0n) is 12.8. The van der Waals surface area contributed by atoms with Crippen LogP contribution in [0.2, 0.25) is 0 Å².